The Morgan fingerprint density at radius 1 is 1.45 bits per heavy atom. The minimum atomic E-state index is -3.97. The Balaban J connectivity index is 3.10. The summed E-state index contributed by atoms with van der Waals surface area (Å²) in [5.74, 6) is 0.188. The second-order valence-corrected chi connectivity index (χ2v) is 6.21. The third-order valence-corrected chi connectivity index (χ3v) is 4.66. The Bertz CT molecular complexity index is 672. The van der Waals surface area contributed by atoms with Crippen LogP contribution in [0.2, 0.25) is 0 Å². The van der Waals surface area contributed by atoms with Crippen LogP contribution in [0.3, 0.4) is 0 Å². The predicted octanol–water partition coefficient (Wildman–Crippen LogP) is 0.296. The molecular formula is C13H13NO5S. The number of sulfone groups is 1. The van der Waals surface area contributed by atoms with Crippen molar-refractivity contribution >= 4 is 21.7 Å². The Morgan fingerprint density at radius 3 is 2.65 bits per heavy atom. The third kappa shape index (κ3) is 3.36. The second kappa shape index (κ2) is 6.21. The first-order valence-corrected chi connectivity index (χ1v) is 7.13. The lowest BCUT2D eigenvalue weighted by Crippen LogP contribution is -2.38. The van der Waals surface area contributed by atoms with Crippen LogP contribution in [0.4, 0.5) is 0 Å². The average Bonchev–Trinajstić information content (AvgIpc) is 2.43. The van der Waals surface area contributed by atoms with E-state index in [2.05, 4.69) is 11.2 Å². The maximum atomic E-state index is 12.2. The number of carboxylic acids is 1. The van der Waals surface area contributed by atoms with Crippen molar-refractivity contribution in [3.63, 3.8) is 0 Å². The maximum Gasteiger partial charge on any atom is 0.335 e. The molecule has 0 aromatic heterocycles. The monoisotopic (exact) mass is 295 g/mol. The molecule has 20 heavy (non-hydrogen) atoms. The van der Waals surface area contributed by atoms with Gasteiger partial charge in [-0.15, -0.1) is 6.42 Å². The highest BCUT2D eigenvalue weighted by atomic mass is 32.2. The number of aromatic carboxylic acids is 1. The Labute approximate surface area is 116 Å². The van der Waals surface area contributed by atoms with E-state index >= 15 is 0 Å². The van der Waals surface area contributed by atoms with Crippen molar-refractivity contribution in [3.05, 3.63) is 29.8 Å². The lowest BCUT2D eigenvalue weighted by Gasteiger charge is -2.12. The molecule has 1 atom stereocenters. The molecule has 6 nitrogen and oxygen atoms in total. The molecule has 1 aromatic carbocycles. The first-order valence-electron chi connectivity index (χ1n) is 5.59. The molecule has 1 aromatic rings. The molecule has 2 N–H and O–H groups in total. The van der Waals surface area contributed by atoms with Crippen LogP contribution in [0.1, 0.15) is 17.3 Å². The van der Waals surface area contributed by atoms with Crippen molar-refractivity contribution in [1.29, 1.82) is 0 Å². The van der Waals surface area contributed by atoms with Gasteiger partial charge in [-0.05, 0) is 25.1 Å². The van der Waals surface area contributed by atoms with Crippen LogP contribution in [0.25, 0.3) is 0 Å². The fourth-order valence-corrected chi connectivity index (χ4v) is 2.77. The van der Waals surface area contributed by atoms with E-state index in [1.165, 1.54) is 25.1 Å². The quantitative estimate of drug-likeness (QED) is 0.761. The van der Waals surface area contributed by atoms with E-state index in [1.54, 1.807) is 0 Å². The summed E-state index contributed by atoms with van der Waals surface area (Å²) in [7, 11) is -3.97. The van der Waals surface area contributed by atoms with E-state index in [-0.39, 0.29) is 17.0 Å². The molecule has 0 spiro atoms. The highest BCUT2D eigenvalue weighted by Gasteiger charge is 2.29. The van der Waals surface area contributed by atoms with Crippen molar-refractivity contribution in [3.8, 4) is 12.3 Å². The van der Waals surface area contributed by atoms with E-state index in [4.69, 9.17) is 11.5 Å². The molecule has 0 radical (unpaired) electrons. The summed E-state index contributed by atoms with van der Waals surface area (Å²) >= 11 is 0. The molecule has 0 aliphatic carbocycles. The smallest absolute Gasteiger partial charge is 0.335 e. The lowest BCUT2D eigenvalue weighted by atomic mass is 10.2. The summed E-state index contributed by atoms with van der Waals surface area (Å²) in [6.07, 6.45) is 4.97. The normalized spacial score (nSPS) is 12.2. The number of rotatable bonds is 5. The number of hydrogen-bond acceptors (Lipinski definition) is 4. The van der Waals surface area contributed by atoms with E-state index in [1.807, 2.05) is 0 Å². The standard InChI is InChI=1S/C13H13NO5S/c1-3-7-14-12(15)9(2)20(18,19)11-6-4-5-10(8-11)13(16)17/h1,4-6,8-9H,7H2,2H3,(H,14,15)(H,16,17). The van der Waals surface area contributed by atoms with Gasteiger partial charge in [0.1, 0.15) is 5.25 Å². The molecular weight excluding hydrogens is 282 g/mol. The van der Waals surface area contributed by atoms with Gasteiger partial charge >= 0.3 is 5.97 Å². The Morgan fingerprint density at radius 2 is 2.10 bits per heavy atom. The Kier molecular flexibility index (Phi) is 4.88. The van der Waals surface area contributed by atoms with Gasteiger partial charge in [0.2, 0.25) is 5.91 Å². The van der Waals surface area contributed by atoms with Crippen LogP contribution in [0.15, 0.2) is 29.2 Å². The van der Waals surface area contributed by atoms with Crippen LogP contribution in [-0.4, -0.2) is 37.2 Å². The number of hydrogen-bond donors (Lipinski definition) is 2. The molecule has 0 heterocycles. The summed E-state index contributed by atoms with van der Waals surface area (Å²) in [5, 5.41) is 9.76. The first kappa shape index (κ1) is 15.7. The lowest BCUT2D eigenvalue weighted by molar-refractivity contribution is -0.120. The zero-order valence-electron chi connectivity index (χ0n) is 10.7. The van der Waals surface area contributed by atoms with Crippen molar-refractivity contribution in [1.82, 2.24) is 5.32 Å². The highest BCUT2D eigenvalue weighted by molar-refractivity contribution is 7.92. The summed E-state index contributed by atoms with van der Waals surface area (Å²) in [6.45, 7) is 1.14. The van der Waals surface area contributed by atoms with Crippen LogP contribution >= 0.6 is 0 Å². The van der Waals surface area contributed by atoms with Gasteiger partial charge in [0.25, 0.3) is 0 Å². The molecule has 0 fully saturated rings. The summed E-state index contributed by atoms with van der Waals surface area (Å²) in [6, 6.07) is 4.84. The van der Waals surface area contributed by atoms with Gasteiger partial charge in [-0.1, -0.05) is 12.0 Å². The number of carbonyl (C=O) groups excluding carboxylic acids is 1. The number of carbonyl (C=O) groups is 2. The summed E-state index contributed by atoms with van der Waals surface area (Å²) in [4.78, 5) is 22.2. The number of carboxylic acid groups (broad SMARTS) is 1. The van der Waals surface area contributed by atoms with Crippen LogP contribution in [-0.2, 0) is 14.6 Å². The fourth-order valence-electron chi connectivity index (χ4n) is 1.43. The summed E-state index contributed by atoms with van der Waals surface area (Å²) in [5.41, 5.74) is -0.165. The largest absolute Gasteiger partial charge is 0.478 e. The molecule has 7 heteroatoms. The molecule has 0 bridgehead atoms. The van der Waals surface area contributed by atoms with Crippen molar-refractivity contribution < 1.29 is 23.1 Å². The molecule has 106 valence electrons. The van der Waals surface area contributed by atoms with Crippen molar-refractivity contribution in [2.24, 2.45) is 0 Å². The van der Waals surface area contributed by atoms with E-state index in [9.17, 15) is 18.0 Å². The molecule has 1 unspecified atom stereocenters. The van der Waals surface area contributed by atoms with E-state index in [0.29, 0.717) is 0 Å². The number of nitrogens with one attached hydrogen (secondary N) is 1. The molecule has 0 saturated carbocycles. The zero-order valence-corrected chi connectivity index (χ0v) is 11.5. The number of benzene rings is 1. The van der Waals surface area contributed by atoms with Gasteiger partial charge in [0.15, 0.2) is 9.84 Å². The van der Waals surface area contributed by atoms with E-state index in [0.717, 1.165) is 6.07 Å². The van der Waals surface area contributed by atoms with Gasteiger partial charge in [-0.3, -0.25) is 4.79 Å². The van der Waals surface area contributed by atoms with E-state index < -0.39 is 27.0 Å². The van der Waals surface area contributed by atoms with Gasteiger partial charge in [0, 0.05) is 0 Å². The predicted molar refractivity (Wildman–Crippen MR) is 71.9 cm³/mol. The maximum absolute atomic E-state index is 12.2. The fraction of sp³-hybridized carbons (Fsp3) is 0.231. The third-order valence-electron chi connectivity index (χ3n) is 2.61. The molecule has 0 aliphatic rings. The molecule has 0 aliphatic heterocycles. The zero-order chi connectivity index (χ0) is 15.3. The second-order valence-electron chi connectivity index (χ2n) is 3.94. The van der Waals surface area contributed by atoms with Crippen LogP contribution in [0.5, 0.6) is 0 Å². The molecule has 1 amide bonds. The van der Waals surface area contributed by atoms with Crippen LogP contribution in [0, 0.1) is 12.3 Å². The van der Waals surface area contributed by atoms with Gasteiger partial charge in [-0.25, -0.2) is 13.2 Å². The highest BCUT2D eigenvalue weighted by Crippen LogP contribution is 2.17. The number of terminal acetylenes is 1. The summed E-state index contributed by atoms with van der Waals surface area (Å²) < 4.78 is 24.4. The van der Waals surface area contributed by atoms with Gasteiger partial charge in [0.05, 0.1) is 17.0 Å². The minimum Gasteiger partial charge on any atom is -0.478 e. The molecule has 0 saturated heterocycles. The van der Waals surface area contributed by atoms with Gasteiger partial charge in [-0.2, -0.15) is 0 Å². The minimum absolute atomic E-state index is 0.0755. The van der Waals surface area contributed by atoms with Crippen LogP contribution < -0.4 is 5.32 Å². The van der Waals surface area contributed by atoms with Gasteiger partial charge < -0.3 is 10.4 Å². The SMILES string of the molecule is C#CCNC(=O)C(C)S(=O)(=O)c1cccc(C(=O)O)c1. The molecule has 1 rings (SSSR count). The average molecular weight is 295 g/mol. The van der Waals surface area contributed by atoms with Crippen molar-refractivity contribution in [2.75, 3.05) is 6.54 Å². The first-order chi connectivity index (χ1) is 9.30. The topological polar surface area (TPSA) is 101 Å². The number of amides is 1. The van der Waals surface area contributed by atoms with Crippen molar-refractivity contribution in [2.45, 2.75) is 17.1 Å². The Hall–Kier alpha value is -2.33.